The lowest BCUT2D eigenvalue weighted by atomic mass is 10.2. The number of sulfone groups is 1. The van der Waals surface area contributed by atoms with E-state index < -0.39 is 19.9 Å². The first-order valence-electron chi connectivity index (χ1n) is 6.46. The Bertz CT molecular complexity index is 412. The average Bonchev–Trinajstić information content (AvgIpc) is 2.28. The normalized spacial score (nSPS) is 32.3. The van der Waals surface area contributed by atoms with Crippen molar-refractivity contribution in [1.29, 1.82) is 0 Å². The molecule has 0 bridgehead atoms. The molecule has 2 atom stereocenters. The molecule has 2 aliphatic rings. The van der Waals surface area contributed by atoms with Crippen molar-refractivity contribution in [2.45, 2.75) is 63.9 Å². The Morgan fingerprint density at radius 3 is 1.79 bits per heavy atom. The first-order valence-corrected chi connectivity index (χ1v) is 9.72. The third-order valence-corrected chi connectivity index (χ3v) is 7.74. The molecule has 0 amide bonds. The highest BCUT2D eigenvalue weighted by Crippen LogP contribution is 2.18. The zero-order chi connectivity index (χ0) is 13.8. The van der Waals surface area contributed by atoms with E-state index in [1.807, 2.05) is 0 Å². The Morgan fingerprint density at radius 2 is 1.47 bits per heavy atom. The van der Waals surface area contributed by atoms with E-state index in [4.69, 9.17) is 0 Å². The molecule has 2 aliphatic heterocycles. The van der Waals surface area contributed by atoms with Gasteiger partial charge in [0.25, 0.3) is 0 Å². The van der Waals surface area contributed by atoms with E-state index >= 15 is 0 Å². The van der Waals surface area contributed by atoms with E-state index in [-0.39, 0.29) is 17.9 Å². The van der Waals surface area contributed by atoms with Crippen molar-refractivity contribution < 1.29 is 16.8 Å². The molecule has 7 heteroatoms. The average molecular weight is 313 g/mol. The van der Waals surface area contributed by atoms with Crippen LogP contribution in [0.2, 0.25) is 0 Å². The van der Waals surface area contributed by atoms with Gasteiger partial charge in [-0.25, -0.2) is 21.6 Å². The smallest absolute Gasteiger partial charge is 0.214 e. The minimum absolute atomic E-state index is 0. The number of hydrogen-bond acceptors (Lipinski definition) is 4. The van der Waals surface area contributed by atoms with Gasteiger partial charge in [-0.3, -0.25) is 0 Å². The molecule has 2 unspecified atom stereocenters. The number of hydrogen-bond donors (Lipinski definition) is 1. The standard InChI is InChI=1S/C6H12O2S.C5H11NO2S.CH4/c1-6-4-2-3-5-9(6,7)8;1-5-3-2-4-6-9(5,7)8;/h6H,2-5H2,1H3;5-6H,2-4H2,1H3;1H4. The summed E-state index contributed by atoms with van der Waals surface area (Å²) in [6.07, 6.45) is 4.59. The molecule has 116 valence electrons. The maximum atomic E-state index is 11.0. The summed E-state index contributed by atoms with van der Waals surface area (Å²) in [5.41, 5.74) is 0. The monoisotopic (exact) mass is 313 g/mol. The van der Waals surface area contributed by atoms with E-state index in [0.29, 0.717) is 12.3 Å². The third-order valence-electron chi connectivity index (χ3n) is 3.52. The summed E-state index contributed by atoms with van der Waals surface area (Å²) < 4.78 is 46.2. The molecule has 2 saturated heterocycles. The summed E-state index contributed by atoms with van der Waals surface area (Å²) >= 11 is 0. The van der Waals surface area contributed by atoms with E-state index in [0.717, 1.165) is 32.1 Å². The van der Waals surface area contributed by atoms with Gasteiger partial charge in [-0.15, -0.1) is 0 Å². The van der Waals surface area contributed by atoms with Crippen LogP contribution >= 0.6 is 0 Å². The Kier molecular flexibility index (Phi) is 7.54. The molecule has 19 heavy (non-hydrogen) atoms. The van der Waals surface area contributed by atoms with Crippen molar-refractivity contribution in [3.05, 3.63) is 0 Å². The zero-order valence-corrected chi connectivity index (χ0v) is 12.7. The second-order valence-electron chi connectivity index (χ2n) is 5.07. The maximum Gasteiger partial charge on any atom is 0.214 e. The number of rotatable bonds is 0. The number of nitrogens with one attached hydrogen (secondary N) is 1. The SMILES string of the molecule is C.CC1CCCCS1(=O)=O.CC1CCCNS1(=O)=O. The van der Waals surface area contributed by atoms with Gasteiger partial charge in [-0.05, 0) is 39.5 Å². The second-order valence-corrected chi connectivity index (χ2v) is 9.79. The van der Waals surface area contributed by atoms with Crippen molar-refractivity contribution >= 4 is 19.9 Å². The van der Waals surface area contributed by atoms with Gasteiger partial charge in [-0.2, -0.15) is 0 Å². The Hall–Kier alpha value is -0.140. The van der Waals surface area contributed by atoms with Crippen LogP contribution in [0.15, 0.2) is 0 Å². The van der Waals surface area contributed by atoms with Gasteiger partial charge in [0.05, 0.1) is 16.3 Å². The summed E-state index contributed by atoms with van der Waals surface area (Å²) in [5.74, 6) is 0.411. The third kappa shape index (κ3) is 5.79. The summed E-state index contributed by atoms with van der Waals surface area (Å²) in [6, 6.07) is 0. The Labute approximate surface area is 118 Å². The van der Waals surface area contributed by atoms with E-state index in [1.165, 1.54) is 0 Å². The van der Waals surface area contributed by atoms with Gasteiger partial charge in [0.1, 0.15) is 0 Å². The van der Waals surface area contributed by atoms with Gasteiger partial charge in [0.15, 0.2) is 9.84 Å². The highest BCUT2D eigenvalue weighted by atomic mass is 32.2. The molecule has 2 fully saturated rings. The van der Waals surface area contributed by atoms with E-state index in [2.05, 4.69) is 4.72 Å². The molecule has 0 aliphatic carbocycles. The van der Waals surface area contributed by atoms with Crippen molar-refractivity contribution in [1.82, 2.24) is 4.72 Å². The highest BCUT2D eigenvalue weighted by Gasteiger charge is 2.24. The van der Waals surface area contributed by atoms with Crippen LogP contribution in [0.4, 0.5) is 0 Å². The lowest BCUT2D eigenvalue weighted by molar-refractivity contribution is 0.535. The fourth-order valence-corrected chi connectivity index (χ4v) is 4.74. The van der Waals surface area contributed by atoms with Crippen LogP contribution in [0.3, 0.4) is 0 Å². The predicted molar refractivity (Wildman–Crippen MR) is 79.4 cm³/mol. The lowest BCUT2D eigenvalue weighted by Crippen LogP contribution is -2.37. The minimum atomic E-state index is -2.91. The molecule has 5 nitrogen and oxygen atoms in total. The fraction of sp³-hybridized carbons (Fsp3) is 1.00. The first kappa shape index (κ1) is 18.9. The zero-order valence-electron chi connectivity index (χ0n) is 11.1. The van der Waals surface area contributed by atoms with Gasteiger partial charge in [0.2, 0.25) is 10.0 Å². The topological polar surface area (TPSA) is 80.3 Å². The van der Waals surface area contributed by atoms with Crippen LogP contribution in [-0.2, 0) is 19.9 Å². The summed E-state index contributed by atoms with van der Waals surface area (Å²) in [6.45, 7) is 4.16. The second kappa shape index (κ2) is 7.59. The molecular weight excluding hydrogens is 286 g/mol. The van der Waals surface area contributed by atoms with E-state index in [1.54, 1.807) is 13.8 Å². The minimum Gasteiger partial charge on any atom is -0.229 e. The van der Waals surface area contributed by atoms with Gasteiger partial charge in [-0.1, -0.05) is 13.8 Å². The molecular formula is C12H27NO4S2. The summed E-state index contributed by atoms with van der Waals surface area (Å²) in [5, 5.41) is -0.266. The van der Waals surface area contributed by atoms with Gasteiger partial charge in [0, 0.05) is 6.54 Å². The van der Waals surface area contributed by atoms with Crippen LogP contribution in [-0.4, -0.2) is 39.6 Å². The van der Waals surface area contributed by atoms with Crippen molar-refractivity contribution in [2.75, 3.05) is 12.3 Å². The van der Waals surface area contributed by atoms with E-state index in [9.17, 15) is 16.8 Å². The summed E-state index contributed by atoms with van der Waals surface area (Å²) in [4.78, 5) is 0. The molecule has 1 N–H and O–H groups in total. The van der Waals surface area contributed by atoms with Gasteiger partial charge < -0.3 is 0 Å². The van der Waals surface area contributed by atoms with Crippen LogP contribution < -0.4 is 4.72 Å². The largest absolute Gasteiger partial charge is 0.229 e. The first-order chi connectivity index (χ1) is 8.26. The molecule has 2 rings (SSSR count). The van der Waals surface area contributed by atoms with Crippen molar-refractivity contribution in [2.24, 2.45) is 0 Å². The lowest BCUT2D eigenvalue weighted by Gasteiger charge is -2.18. The molecule has 2 heterocycles. The van der Waals surface area contributed by atoms with Crippen LogP contribution in [0.1, 0.15) is 53.4 Å². The summed E-state index contributed by atoms with van der Waals surface area (Å²) in [7, 11) is -5.57. The maximum absolute atomic E-state index is 11.0. The quantitative estimate of drug-likeness (QED) is 0.738. The predicted octanol–water partition coefficient (Wildman–Crippen LogP) is 1.70. The molecule has 0 saturated carbocycles. The molecule has 0 aromatic rings. The molecule has 0 aromatic carbocycles. The van der Waals surface area contributed by atoms with Crippen LogP contribution in [0.5, 0.6) is 0 Å². The highest BCUT2D eigenvalue weighted by molar-refractivity contribution is 7.92. The van der Waals surface area contributed by atoms with Crippen LogP contribution in [0, 0.1) is 0 Å². The van der Waals surface area contributed by atoms with Gasteiger partial charge >= 0.3 is 0 Å². The van der Waals surface area contributed by atoms with Crippen molar-refractivity contribution in [3.8, 4) is 0 Å². The fourth-order valence-electron chi connectivity index (χ4n) is 2.02. The molecule has 0 radical (unpaired) electrons. The molecule has 0 aromatic heterocycles. The number of sulfonamides is 1. The Balaban J connectivity index is 0.000000324. The Morgan fingerprint density at radius 1 is 0.895 bits per heavy atom. The van der Waals surface area contributed by atoms with Crippen LogP contribution in [0.25, 0.3) is 0 Å². The molecule has 0 spiro atoms. The van der Waals surface area contributed by atoms with Crippen molar-refractivity contribution in [3.63, 3.8) is 0 Å².